The van der Waals surface area contributed by atoms with Gasteiger partial charge >= 0.3 is 0 Å². The minimum atomic E-state index is -1.23. The van der Waals surface area contributed by atoms with E-state index in [1.54, 1.807) is 18.6 Å². The quantitative estimate of drug-likeness (QED) is 0.443. The third kappa shape index (κ3) is 4.18. The Morgan fingerprint density at radius 3 is 2.41 bits per heavy atom. The van der Waals surface area contributed by atoms with Crippen LogP contribution in [-0.4, -0.2) is 61.9 Å². The highest BCUT2D eigenvalue weighted by Crippen LogP contribution is 2.35. The summed E-state index contributed by atoms with van der Waals surface area (Å²) in [5.74, 6) is 1.06. The van der Waals surface area contributed by atoms with Crippen molar-refractivity contribution in [2.75, 3.05) is 19.5 Å². The van der Waals surface area contributed by atoms with E-state index in [2.05, 4.69) is 9.97 Å². The lowest BCUT2D eigenvalue weighted by Gasteiger charge is -2.27. The number of anilines is 1. The van der Waals surface area contributed by atoms with Crippen LogP contribution in [0.25, 0.3) is 22.2 Å². The van der Waals surface area contributed by atoms with Gasteiger partial charge in [0.25, 0.3) is 0 Å². The van der Waals surface area contributed by atoms with Crippen molar-refractivity contribution in [1.82, 2.24) is 14.5 Å². The van der Waals surface area contributed by atoms with E-state index in [0.29, 0.717) is 16.9 Å². The Balaban J connectivity index is 2.03. The molecule has 4 unspecified atom stereocenters. The summed E-state index contributed by atoms with van der Waals surface area (Å²) in [6.07, 6.45) is -0.646. The van der Waals surface area contributed by atoms with Crippen molar-refractivity contribution in [2.45, 2.75) is 38.4 Å². The summed E-state index contributed by atoms with van der Waals surface area (Å²) < 4.78 is 12.8. The number of benzene rings is 1. The number of hydrogen-bond acceptors (Lipinski definition) is 8. The molecule has 0 aliphatic carbocycles. The zero-order chi connectivity index (χ0) is 21.1. The van der Waals surface area contributed by atoms with Gasteiger partial charge in [-0.2, -0.15) is 0 Å². The molecule has 0 spiro atoms. The molecule has 0 radical (unpaired) electrons. The number of nitrogen functional groups attached to an aromatic ring is 1. The van der Waals surface area contributed by atoms with Crippen molar-refractivity contribution < 1.29 is 24.8 Å². The van der Waals surface area contributed by atoms with E-state index in [1.807, 2.05) is 30.5 Å². The minimum absolute atomic E-state index is 0.328. The zero-order valence-corrected chi connectivity index (χ0v) is 16.6. The smallest absolute Gasteiger partial charge is 0.148 e. The number of methoxy groups -OCH3 is 1. The average Bonchev–Trinajstić information content (AvgIpc) is 3.12. The first-order valence-electron chi connectivity index (χ1n) is 9.25. The molecule has 9 nitrogen and oxygen atoms in total. The fraction of sp³-hybridized carbons (Fsp3) is 0.400. The van der Waals surface area contributed by atoms with Gasteiger partial charge in [0.15, 0.2) is 0 Å². The van der Waals surface area contributed by atoms with Crippen LogP contribution in [-0.2, 0) is 4.74 Å². The molecular formula is C20H26N4O5. The van der Waals surface area contributed by atoms with Crippen LogP contribution in [0.15, 0.2) is 36.8 Å². The Labute approximate surface area is 168 Å². The van der Waals surface area contributed by atoms with Crippen LogP contribution >= 0.6 is 0 Å². The van der Waals surface area contributed by atoms with Crippen molar-refractivity contribution in [3.8, 4) is 16.9 Å². The van der Waals surface area contributed by atoms with Crippen molar-refractivity contribution >= 4 is 16.9 Å². The summed E-state index contributed by atoms with van der Waals surface area (Å²) in [4.78, 5) is 8.45. The third-order valence-electron chi connectivity index (χ3n) is 4.86. The summed E-state index contributed by atoms with van der Waals surface area (Å²) in [6.45, 7) is 2.74. The van der Waals surface area contributed by atoms with Gasteiger partial charge in [0.05, 0.1) is 25.2 Å². The second-order valence-corrected chi connectivity index (χ2v) is 6.82. The number of fused-ring (bicyclic) bond motifs is 1. The van der Waals surface area contributed by atoms with Crippen molar-refractivity contribution in [1.29, 1.82) is 0 Å². The lowest BCUT2D eigenvalue weighted by Crippen LogP contribution is -2.41. The molecule has 3 aromatic rings. The molecule has 0 aliphatic rings. The van der Waals surface area contributed by atoms with Gasteiger partial charge in [-0.1, -0.05) is 12.1 Å². The molecule has 3 rings (SSSR count). The molecule has 0 saturated carbocycles. The number of nitrogens with zero attached hydrogens (tertiary/aromatic N) is 3. The first kappa shape index (κ1) is 21.0. The minimum Gasteiger partial charge on any atom is -0.497 e. The first-order chi connectivity index (χ1) is 13.9. The van der Waals surface area contributed by atoms with Crippen LogP contribution in [0.4, 0.5) is 5.82 Å². The molecule has 0 saturated heterocycles. The maximum absolute atomic E-state index is 10.1. The topological polar surface area (TPSA) is 136 Å². The molecule has 0 fully saturated rings. The largest absolute Gasteiger partial charge is 0.497 e. The number of hydrogen-bond donors (Lipinski definition) is 4. The molecule has 4 atom stereocenters. The van der Waals surface area contributed by atoms with Gasteiger partial charge in [-0.25, -0.2) is 9.97 Å². The fourth-order valence-electron chi connectivity index (χ4n) is 3.24. The molecule has 0 aliphatic heterocycles. The lowest BCUT2D eigenvalue weighted by atomic mass is 10.1. The maximum Gasteiger partial charge on any atom is 0.148 e. The number of nitrogens with two attached hydrogens (primary N) is 1. The second-order valence-electron chi connectivity index (χ2n) is 6.82. The van der Waals surface area contributed by atoms with Gasteiger partial charge in [0.1, 0.15) is 42.0 Å². The van der Waals surface area contributed by atoms with E-state index >= 15 is 0 Å². The molecule has 1 aromatic carbocycles. The van der Waals surface area contributed by atoms with Crippen LogP contribution in [0.2, 0.25) is 0 Å². The Bertz CT molecular complexity index is 957. The normalized spacial score (nSPS) is 15.8. The monoisotopic (exact) mass is 402 g/mol. The van der Waals surface area contributed by atoms with Gasteiger partial charge < -0.3 is 35.1 Å². The number of aliphatic hydroxyl groups is 3. The summed E-state index contributed by atoms with van der Waals surface area (Å²) in [5, 5.41) is 29.9. The predicted octanol–water partition coefficient (Wildman–Crippen LogP) is 1.33. The van der Waals surface area contributed by atoms with Gasteiger partial charge in [-0.15, -0.1) is 0 Å². The van der Waals surface area contributed by atoms with Crippen LogP contribution in [0.5, 0.6) is 5.75 Å². The van der Waals surface area contributed by atoms with E-state index in [9.17, 15) is 15.3 Å². The highest BCUT2D eigenvalue weighted by Gasteiger charge is 2.27. The van der Waals surface area contributed by atoms with Crippen LogP contribution in [0, 0.1) is 0 Å². The highest BCUT2D eigenvalue weighted by atomic mass is 16.5. The second kappa shape index (κ2) is 8.75. The van der Waals surface area contributed by atoms with Gasteiger partial charge in [0, 0.05) is 11.8 Å². The van der Waals surface area contributed by atoms with E-state index in [0.717, 1.165) is 16.9 Å². The third-order valence-corrected chi connectivity index (χ3v) is 4.86. The number of rotatable bonds is 8. The van der Waals surface area contributed by atoms with Crippen molar-refractivity contribution in [3.63, 3.8) is 0 Å². The van der Waals surface area contributed by atoms with Crippen LogP contribution in [0.3, 0.4) is 0 Å². The van der Waals surface area contributed by atoms with E-state index in [-0.39, 0.29) is 0 Å². The Hall–Kier alpha value is -2.72. The first-order valence-corrected chi connectivity index (χ1v) is 9.25. The van der Waals surface area contributed by atoms with Gasteiger partial charge in [-0.05, 0) is 31.5 Å². The van der Waals surface area contributed by atoms with Gasteiger partial charge in [0.2, 0.25) is 0 Å². The number of aromatic nitrogens is 3. The Morgan fingerprint density at radius 2 is 1.83 bits per heavy atom. The maximum atomic E-state index is 10.1. The number of aliphatic hydroxyl groups excluding tert-OH is 3. The van der Waals surface area contributed by atoms with Crippen LogP contribution < -0.4 is 10.5 Å². The Kier molecular flexibility index (Phi) is 6.33. The highest BCUT2D eigenvalue weighted by molar-refractivity contribution is 6.00. The molecule has 5 N–H and O–H groups in total. The average molecular weight is 402 g/mol. The van der Waals surface area contributed by atoms with Crippen LogP contribution in [0.1, 0.15) is 20.1 Å². The summed E-state index contributed by atoms with van der Waals surface area (Å²) >= 11 is 0. The summed E-state index contributed by atoms with van der Waals surface area (Å²) in [7, 11) is 1.60. The number of ether oxygens (including phenoxy) is 2. The SMILES string of the molecule is COc1ccc(-c2cn(C(C)OC(CO)C(O)C(C)O)c3ncnc(N)c23)cc1. The Morgan fingerprint density at radius 1 is 1.14 bits per heavy atom. The molecular weight excluding hydrogens is 376 g/mol. The van der Waals surface area contributed by atoms with E-state index in [1.165, 1.54) is 13.3 Å². The zero-order valence-electron chi connectivity index (χ0n) is 16.6. The van der Waals surface area contributed by atoms with E-state index < -0.39 is 31.1 Å². The molecule has 0 amide bonds. The standard InChI is InChI=1S/C20H26N4O5/c1-11(26)18(27)16(9-25)29-12(2)24-8-15(13-4-6-14(28-3)7-5-13)17-19(21)22-10-23-20(17)24/h4-8,10-12,16,18,25-27H,9H2,1-3H3,(H2,21,22,23). The van der Waals surface area contributed by atoms with Crippen molar-refractivity contribution in [2.24, 2.45) is 0 Å². The predicted molar refractivity (Wildman–Crippen MR) is 108 cm³/mol. The fourth-order valence-corrected chi connectivity index (χ4v) is 3.24. The van der Waals surface area contributed by atoms with Crippen molar-refractivity contribution in [3.05, 3.63) is 36.8 Å². The molecule has 0 bridgehead atoms. The molecule has 156 valence electrons. The molecule has 2 aromatic heterocycles. The summed E-state index contributed by atoms with van der Waals surface area (Å²) in [6, 6.07) is 7.51. The summed E-state index contributed by atoms with van der Waals surface area (Å²) in [5.41, 5.74) is 8.40. The molecule has 2 heterocycles. The lowest BCUT2D eigenvalue weighted by molar-refractivity contribution is -0.140. The molecule has 9 heteroatoms. The van der Waals surface area contributed by atoms with Gasteiger partial charge in [-0.3, -0.25) is 0 Å². The molecule has 29 heavy (non-hydrogen) atoms. The van der Waals surface area contributed by atoms with E-state index in [4.69, 9.17) is 15.2 Å².